The predicted octanol–water partition coefficient (Wildman–Crippen LogP) is 1.95. The summed E-state index contributed by atoms with van der Waals surface area (Å²) in [5.74, 6) is -0.161. The number of halogens is 1. The van der Waals surface area contributed by atoms with Crippen LogP contribution in [0.4, 0.5) is 0 Å². The molecule has 5 heteroatoms. The van der Waals surface area contributed by atoms with E-state index in [0.717, 1.165) is 31.8 Å². The highest BCUT2D eigenvalue weighted by Gasteiger charge is 2.15. The first-order valence-corrected chi connectivity index (χ1v) is 8.47. The van der Waals surface area contributed by atoms with Gasteiger partial charge >= 0.3 is 0 Å². The number of benzene rings is 2. The molecule has 0 saturated carbocycles. The number of hydrazine groups is 1. The summed E-state index contributed by atoms with van der Waals surface area (Å²) < 4.78 is 0. The minimum Gasteiger partial charge on any atom is -0.328 e. The zero-order chi connectivity index (χ0) is 16.8. The van der Waals surface area contributed by atoms with Crippen molar-refractivity contribution in [1.29, 1.82) is 0 Å². The Hall–Kier alpha value is -2.30. The van der Waals surface area contributed by atoms with Crippen LogP contribution >= 0.6 is 11.6 Å². The van der Waals surface area contributed by atoms with Crippen molar-refractivity contribution in [2.75, 3.05) is 13.1 Å². The second-order valence-corrected chi connectivity index (χ2v) is 6.37. The van der Waals surface area contributed by atoms with E-state index in [9.17, 15) is 4.79 Å². The summed E-state index contributed by atoms with van der Waals surface area (Å²) in [6, 6.07) is 17.4. The van der Waals surface area contributed by atoms with Gasteiger partial charge in [0.15, 0.2) is 0 Å². The highest BCUT2D eigenvalue weighted by atomic mass is 35.5. The van der Waals surface area contributed by atoms with Crippen LogP contribution in [0.1, 0.15) is 22.3 Å². The maximum absolute atomic E-state index is 12.1. The number of hydrogen-bond donors (Lipinski definition) is 3. The van der Waals surface area contributed by atoms with E-state index in [-0.39, 0.29) is 5.91 Å². The lowest BCUT2D eigenvalue weighted by Crippen LogP contribution is -3.11. The molecule has 1 heterocycles. The van der Waals surface area contributed by atoms with Crippen molar-refractivity contribution in [2.45, 2.75) is 13.0 Å². The van der Waals surface area contributed by atoms with E-state index in [2.05, 4.69) is 41.2 Å². The zero-order valence-corrected chi connectivity index (χ0v) is 14.1. The van der Waals surface area contributed by atoms with Crippen molar-refractivity contribution in [1.82, 2.24) is 10.9 Å². The molecule has 4 nitrogen and oxygen atoms in total. The van der Waals surface area contributed by atoms with Crippen LogP contribution in [0, 0.1) is 0 Å². The second-order valence-electron chi connectivity index (χ2n) is 5.93. The summed E-state index contributed by atoms with van der Waals surface area (Å²) in [5, 5.41) is 0.621. The highest BCUT2D eigenvalue weighted by molar-refractivity contribution is 6.30. The van der Waals surface area contributed by atoms with Crippen LogP contribution < -0.4 is 15.8 Å². The van der Waals surface area contributed by atoms with Crippen molar-refractivity contribution >= 4 is 17.5 Å². The smallest absolute Gasteiger partial charge is 0.269 e. The molecule has 1 atom stereocenters. The predicted molar refractivity (Wildman–Crippen MR) is 95.6 cm³/mol. The van der Waals surface area contributed by atoms with E-state index < -0.39 is 0 Å². The van der Waals surface area contributed by atoms with Gasteiger partial charge in [-0.1, -0.05) is 41.9 Å². The maximum Gasteiger partial charge on any atom is 0.269 e. The summed E-state index contributed by atoms with van der Waals surface area (Å²) in [4.78, 5) is 13.6. The molecule has 0 radical (unpaired) electrons. The lowest BCUT2D eigenvalue weighted by atomic mass is 10.1. The topological polar surface area (TPSA) is 45.6 Å². The van der Waals surface area contributed by atoms with Crippen LogP contribution in [0.25, 0.3) is 0 Å². The fourth-order valence-corrected chi connectivity index (χ4v) is 2.88. The van der Waals surface area contributed by atoms with Gasteiger partial charge in [0.05, 0.1) is 13.1 Å². The van der Waals surface area contributed by atoms with Gasteiger partial charge in [-0.3, -0.25) is 10.2 Å². The zero-order valence-electron chi connectivity index (χ0n) is 13.4. The molecule has 3 N–H and O–H groups in total. The van der Waals surface area contributed by atoms with E-state index >= 15 is 0 Å². The van der Waals surface area contributed by atoms with Crippen molar-refractivity contribution in [3.05, 3.63) is 82.5 Å². The molecule has 0 aromatic heterocycles. The van der Waals surface area contributed by atoms with Crippen molar-refractivity contribution < 1.29 is 9.69 Å². The molecule has 0 saturated heterocycles. The molecule has 0 bridgehead atoms. The van der Waals surface area contributed by atoms with Crippen LogP contribution in [-0.2, 0) is 6.54 Å². The number of amides is 1. The fraction of sp³-hybridized carbons (Fsp3) is 0.211. The Morgan fingerprint density at radius 2 is 1.83 bits per heavy atom. The number of carbonyl (C=O) groups excluding carboxylic acids is 1. The Morgan fingerprint density at radius 1 is 1.08 bits per heavy atom. The summed E-state index contributed by atoms with van der Waals surface area (Å²) in [7, 11) is 0. The molecule has 1 aliphatic heterocycles. The molecule has 0 fully saturated rings. The number of nitrogens with one attached hydrogen (secondary N) is 3. The SMILES string of the molecule is O=C(NNC1=CC[NH+](Cc2ccccc2)CC1)c1ccc(Cl)cc1. The summed E-state index contributed by atoms with van der Waals surface area (Å²) in [6.07, 6.45) is 3.08. The van der Waals surface area contributed by atoms with E-state index in [1.807, 2.05) is 6.07 Å². The quantitative estimate of drug-likeness (QED) is 0.727. The average molecular weight is 343 g/mol. The van der Waals surface area contributed by atoms with Crippen molar-refractivity contribution in [2.24, 2.45) is 0 Å². The van der Waals surface area contributed by atoms with Gasteiger partial charge < -0.3 is 10.3 Å². The van der Waals surface area contributed by atoms with Gasteiger partial charge in [0.2, 0.25) is 0 Å². The molecule has 0 aliphatic carbocycles. The molecule has 2 aromatic carbocycles. The van der Waals surface area contributed by atoms with E-state index in [4.69, 9.17) is 11.6 Å². The Kier molecular flexibility index (Phi) is 5.51. The van der Waals surface area contributed by atoms with Gasteiger partial charge in [0.1, 0.15) is 6.54 Å². The molecule has 24 heavy (non-hydrogen) atoms. The average Bonchev–Trinajstić information content (AvgIpc) is 2.62. The normalized spacial score (nSPS) is 17.0. The lowest BCUT2D eigenvalue weighted by molar-refractivity contribution is -0.909. The highest BCUT2D eigenvalue weighted by Crippen LogP contribution is 2.09. The number of quaternary nitrogens is 1. The largest absolute Gasteiger partial charge is 0.328 e. The summed E-state index contributed by atoms with van der Waals surface area (Å²) in [5.41, 5.74) is 8.78. The van der Waals surface area contributed by atoms with Gasteiger partial charge in [-0.15, -0.1) is 0 Å². The molecule has 124 valence electrons. The second kappa shape index (κ2) is 7.99. The van der Waals surface area contributed by atoms with E-state index in [0.29, 0.717) is 10.6 Å². The Morgan fingerprint density at radius 3 is 2.50 bits per heavy atom. The van der Waals surface area contributed by atoms with Crippen LogP contribution in [-0.4, -0.2) is 19.0 Å². The summed E-state index contributed by atoms with van der Waals surface area (Å²) in [6.45, 7) is 3.03. The minimum atomic E-state index is -0.161. The standard InChI is InChI=1S/C19H20ClN3O/c20-17-8-6-16(7-9-17)19(24)22-21-18-10-12-23(13-11-18)14-15-4-2-1-3-5-15/h1-10,21H,11-14H2,(H,22,24)/p+1. The third kappa shape index (κ3) is 4.60. The van der Waals surface area contributed by atoms with E-state index in [1.54, 1.807) is 24.3 Å². The Labute approximate surface area is 147 Å². The first-order chi connectivity index (χ1) is 11.7. The van der Waals surface area contributed by atoms with Gasteiger partial charge in [-0.05, 0) is 30.3 Å². The monoisotopic (exact) mass is 342 g/mol. The van der Waals surface area contributed by atoms with Crippen LogP contribution in [0.3, 0.4) is 0 Å². The van der Waals surface area contributed by atoms with Crippen LogP contribution in [0.15, 0.2) is 66.4 Å². The van der Waals surface area contributed by atoms with Gasteiger partial charge in [-0.2, -0.15) is 0 Å². The van der Waals surface area contributed by atoms with Crippen LogP contribution in [0.5, 0.6) is 0 Å². The maximum atomic E-state index is 12.1. The molecule has 1 amide bonds. The van der Waals surface area contributed by atoms with Crippen LogP contribution in [0.2, 0.25) is 5.02 Å². The third-order valence-electron chi connectivity index (χ3n) is 4.12. The first kappa shape index (κ1) is 16.6. The Bertz CT molecular complexity index is 713. The molecule has 3 rings (SSSR count). The third-order valence-corrected chi connectivity index (χ3v) is 4.38. The minimum absolute atomic E-state index is 0.161. The molecular formula is C19H21ClN3O+. The van der Waals surface area contributed by atoms with Crippen molar-refractivity contribution in [3.8, 4) is 0 Å². The molecule has 1 aliphatic rings. The molecule has 0 spiro atoms. The van der Waals surface area contributed by atoms with E-state index in [1.165, 1.54) is 10.5 Å². The lowest BCUT2D eigenvalue weighted by Gasteiger charge is -2.24. The van der Waals surface area contributed by atoms with Gasteiger partial charge in [0, 0.05) is 28.3 Å². The molecule has 1 unspecified atom stereocenters. The number of hydrogen-bond acceptors (Lipinski definition) is 2. The first-order valence-electron chi connectivity index (χ1n) is 8.09. The van der Waals surface area contributed by atoms with Gasteiger partial charge in [0.25, 0.3) is 5.91 Å². The molecule has 2 aromatic rings. The summed E-state index contributed by atoms with van der Waals surface area (Å²) >= 11 is 5.83. The fourth-order valence-electron chi connectivity index (χ4n) is 2.75. The van der Waals surface area contributed by atoms with Gasteiger partial charge in [-0.25, -0.2) is 0 Å². The number of rotatable bonds is 5. The van der Waals surface area contributed by atoms with Crippen molar-refractivity contribution in [3.63, 3.8) is 0 Å². The molecular weight excluding hydrogens is 322 g/mol. The Balaban J connectivity index is 1.47. The number of carbonyl (C=O) groups is 1.